The van der Waals surface area contributed by atoms with Crippen molar-refractivity contribution in [3.8, 4) is 5.75 Å². The predicted molar refractivity (Wildman–Crippen MR) is 106 cm³/mol. The summed E-state index contributed by atoms with van der Waals surface area (Å²) in [5, 5.41) is 2.79. The smallest absolute Gasteiger partial charge is 0.416 e. The second kappa shape index (κ2) is 8.66. The molecule has 1 aliphatic heterocycles. The number of nitrogens with zero attached hydrogens (tertiary/aromatic N) is 3. The number of hydrogen-bond donors (Lipinski definition) is 3. The van der Waals surface area contributed by atoms with Gasteiger partial charge in [0, 0.05) is 19.0 Å². The van der Waals surface area contributed by atoms with E-state index >= 15 is 0 Å². The van der Waals surface area contributed by atoms with Gasteiger partial charge in [0.1, 0.15) is 29.4 Å². The molecule has 1 aliphatic rings. The first-order valence-corrected chi connectivity index (χ1v) is 9.36. The molecule has 0 spiro atoms. The second-order valence-electron chi connectivity index (χ2n) is 7.07. The van der Waals surface area contributed by atoms with Crippen molar-refractivity contribution in [3.05, 3.63) is 41.6 Å². The summed E-state index contributed by atoms with van der Waals surface area (Å²) in [6.45, 7) is 2.37. The van der Waals surface area contributed by atoms with Gasteiger partial charge < -0.3 is 26.4 Å². The average Bonchev–Trinajstić information content (AvgIpc) is 3.16. The molecule has 1 aromatic carbocycles. The van der Waals surface area contributed by atoms with Gasteiger partial charge in [-0.25, -0.2) is 4.98 Å². The summed E-state index contributed by atoms with van der Waals surface area (Å²) >= 11 is 0. The van der Waals surface area contributed by atoms with Crippen LogP contribution in [0.25, 0.3) is 0 Å². The molecule has 166 valence electrons. The minimum absolute atomic E-state index is 0.0451. The zero-order valence-electron chi connectivity index (χ0n) is 16.5. The number of primary amides is 2. The summed E-state index contributed by atoms with van der Waals surface area (Å²) in [5.74, 6) is -0.655. The van der Waals surface area contributed by atoms with Gasteiger partial charge in [-0.05, 0) is 31.2 Å². The summed E-state index contributed by atoms with van der Waals surface area (Å²) in [7, 11) is 0. The number of ether oxygens (including phenoxy) is 1. The Hall–Kier alpha value is -3.57. The van der Waals surface area contributed by atoms with E-state index in [-0.39, 0.29) is 23.6 Å². The highest BCUT2D eigenvalue weighted by Gasteiger charge is 2.31. The van der Waals surface area contributed by atoms with E-state index in [1.54, 1.807) is 4.90 Å². The molecule has 0 radical (unpaired) electrons. The van der Waals surface area contributed by atoms with Crippen LogP contribution in [0, 0.1) is 0 Å². The molecule has 9 nitrogen and oxygen atoms in total. The molecule has 1 fully saturated rings. The first-order valence-electron chi connectivity index (χ1n) is 9.36. The van der Waals surface area contributed by atoms with E-state index < -0.39 is 29.6 Å². The molecule has 1 aromatic heterocycles. The molecule has 0 bridgehead atoms. The fourth-order valence-corrected chi connectivity index (χ4v) is 2.99. The van der Waals surface area contributed by atoms with Crippen LogP contribution in [0.5, 0.6) is 5.75 Å². The van der Waals surface area contributed by atoms with Crippen molar-refractivity contribution in [2.75, 3.05) is 23.3 Å². The first kappa shape index (κ1) is 22.1. The molecule has 2 atom stereocenters. The normalized spacial score (nSPS) is 17.3. The Bertz CT molecular complexity index is 967. The lowest BCUT2D eigenvalue weighted by atomic mass is 10.2. The van der Waals surface area contributed by atoms with E-state index in [9.17, 15) is 22.8 Å². The average molecular weight is 438 g/mol. The third-order valence-corrected chi connectivity index (χ3v) is 4.67. The van der Waals surface area contributed by atoms with Crippen molar-refractivity contribution in [1.29, 1.82) is 0 Å². The monoisotopic (exact) mass is 438 g/mol. The number of anilines is 2. The van der Waals surface area contributed by atoms with Gasteiger partial charge in [-0.2, -0.15) is 18.2 Å². The van der Waals surface area contributed by atoms with Crippen LogP contribution < -0.4 is 26.4 Å². The van der Waals surface area contributed by atoms with Crippen LogP contribution in [0.1, 0.15) is 29.4 Å². The summed E-state index contributed by atoms with van der Waals surface area (Å²) in [6.07, 6.45) is -4.17. The zero-order chi connectivity index (χ0) is 22.8. The van der Waals surface area contributed by atoms with Crippen LogP contribution in [0.3, 0.4) is 0 Å². The van der Waals surface area contributed by atoms with E-state index in [1.807, 2.05) is 0 Å². The van der Waals surface area contributed by atoms with E-state index in [1.165, 1.54) is 25.1 Å². The van der Waals surface area contributed by atoms with Crippen LogP contribution in [0.15, 0.2) is 30.3 Å². The van der Waals surface area contributed by atoms with Crippen LogP contribution in [-0.4, -0.2) is 47.0 Å². The summed E-state index contributed by atoms with van der Waals surface area (Å²) in [6, 6.07) is 5.03. The van der Waals surface area contributed by atoms with E-state index in [2.05, 4.69) is 15.3 Å². The van der Waals surface area contributed by atoms with Crippen molar-refractivity contribution in [1.82, 2.24) is 9.97 Å². The lowest BCUT2D eigenvalue weighted by molar-refractivity contribution is -0.137. The molecule has 1 unspecified atom stereocenters. The predicted octanol–water partition coefficient (Wildman–Crippen LogP) is 1.54. The quantitative estimate of drug-likeness (QED) is 0.596. The Balaban J connectivity index is 1.71. The van der Waals surface area contributed by atoms with E-state index in [0.717, 1.165) is 12.1 Å². The van der Waals surface area contributed by atoms with Gasteiger partial charge >= 0.3 is 6.18 Å². The highest BCUT2D eigenvalue weighted by molar-refractivity contribution is 5.92. The maximum Gasteiger partial charge on any atom is 0.416 e. The molecular formula is C19H21F3N6O3. The molecule has 0 aliphatic carbocycles. The third kappa shape index (κ3) is 5.53. The Morgan fingerprint density at radius 2 is 1.90 bits per heavy atom. The molecule has 12 heteroatoms. The van der Waals surface area contributed by atoms with Crippen molar-refractivity contribution in [2.45, 2.75) is 31.7 Å². The summed E-state index contributed by atoms with van der Waals surface area (Å²) in [4.78, 5) is 33.1. The number of carbonyl (C=O) groups excluding carboxylic acids is 2. The molecular weight excluding hydrogens is 417 g/mol. The Labute approximate surface area is 175 Å². The zero-order valence-corrected chi connectivity index (χ0v) is 16.5. The molecule has 1 saturated heterocycles. The topological polar surface area (TPSA) is 136 Å². The minimum atomic E-state index is -4.41. The van der Waals surface area contributed by atoms with Gasteiger partial charge in [0.15, 0.2) is 0 Å². The number of nitrogens with one attached hydrogen (secondary N) is 1. The highest BCUT2D eigenvalue weighted by atomic mass is 19.4. The SMILES string of the molecule is CC(Nc1cc(C(N)=O)nc(N2CC[C@H](Oc3ccc(C(F)(F)F)cc3)C2)n1)C(N)=O. The van der Waals surface area contributed by atoms with E-state index in [0.29, 0.717) is 25.3 Å². The van der Waals surface area contributed by atoms with Gasteiger partial charge in [0.2, 0.25) is 11.9 Å². The van der Waals surface area contributed by atoms with Crippen LogP contribution in [0.4, 0.5) is 24.9 Å². The van der Waals surface area contributed by atoms with Gasteiger partial charge in [-0.1, -0.05) is 0 Å². The molecule has 2 aromatic rings. The van der Waals surface area contributed by atoms with Crippen LogP contribution in [0.2, 0.25) is 0 Å². The number of aromatic nitrogens is 2. The van der Waals surface area contributed by atoms with Crippen molar-refractivity contribution >= 4 is 23.6 Å². The maximum absolute atomic E-state index is 12.7. The third-order valence-electron chi connectivity index (χ3n) is 4.67. The van der Waals surface area contributed by atoms with Crippen molar-refractivity contribution < 1.29 is 27.5 Å². The molecule has 2 heterocycles. The Morgan fingerprint density at radius 3 is 2.48 bits per heavy atom. The van der Waals surface area contributed by atoms with Crippen LogP contribution in [-0.2, 0) is 11.0 Å². The van der Waals surface area contributed by atoms with Crippen molar-refractivity contribution in [3.63, 3.8) is 0 Å². The van der Waals surface area contributed by atoms with Crippen LogP contribution >= 0.6 is 0 Å². The molecule has 31 heavy (non-hydrogen) atoms. The molecule has 5 N–H and O–H groups in total. The number of alkyl halides is 3. The number of nitrogens with two attached hydrogens (primary N) is 2. The standard InChI is InChI=1S/C19H21F3N6O3/c1-10(16(23)29)25-15-8-14(17(24)30)26-18(27-15)28-7-6-13(9-28)31-12-4-2-11(3-5-12)19(20,21)22/h2-5,8,10,13H,6-7,9H2,1H3,(H2,23,29)(H2,24,30)(H,25,26,27)/t10?,13-/m0/s1. The summed E-state index contributed by atoms with van der Waals surface area (Å²) < 4.78 is 43.8. The number of rotatable bonds is 7. The van der Waals surface area contributed by atoms with Crippen molar-refractivity contribution in [2.24, 2.45) is 11.5 Å². The minimum Gasteiger partial charge on any atom is -0.489 e. The molecule has 2 amide bonds. The fourth-order valence-electron chi connectivity index (χ4n) is 2.99. The second-order valence-corrected chi connectivity index (χ2v) is 7.07. The molecule has 0 saturated carbocycles. The highest BCUT2D eigenvalue weighted by Crippen LogP contribution is 2.31. The molecule has 3 rings (SSSR count). The maximum atomic E-state index is 12.7. The van der Waals surface area contributed by atoms with Gasteiger partial charge in [-0.3, -0.25) is 9.59 Å². The first-order chi connectivity index (χ1) is 14.5. The largest absolute Gasteiger partial charge is 0.489 e. The Kier molecular flexibility index (Phi) is 6.18. The number of hydrogen-bond acceptors (Lipinski definition) is 7. The van der Waals surface area contributed by atoms with E-state index in [4.69, 9.17) is 16.2 Å². The number of benzene rings is 1. The summed E-state index contributed by atoms with van der Waals surface area (Å²) in [5.41, 5.74) is 9.78. The number of carbonyl (C=O) groups is 2. The fraction of sp³-hybridized carbons (Fsp3) is 0.368. The van der Waals surface area contributed by atoms with Gasteiger partial charge in [0.05, 0.1) is 12.1 Å². The number of amides is 2. The Morgan fingerprint density at radius 1 is 1.23 bits per heavy atom. The lowest BCUT2D eigenvalue weighted by Gasteiger charge is -2.19. The van der Waals surface area contributed by atoms with Gasteiger partial charge in [-0.15, -0.1) is 0 Å². The lowest BCUT2D eigenvalue weighted by Crippen LogP contribution is -2.33. The number of halogens is 3. The van der Waals surface area contributed by atoms with Gasteiger partial charge in [0.25, 0.3) is 5.91 Å².